The zero-order chi connectivity index (χ0) is 17.0. The first-order chi connectivity index (χ1) is 10.8. The van der Waals surface area contributed by atoms with Gasteiger partial charge >= 0.3 is 0 Å². The number of amides is 1. The fraction of sp³-hybridized carbons (Fsp3) is 0.278. The van der Waals surface area contributed by atoms with Crippen LogP contribution in [0.25, 0.3) is 0 Å². The average molecular weight is 334 g/mol. The van der Waals surface area contributed by atoms with E-state index in [9.17, 15) is 9.90 Å². The molecular weight excluding hydrogens is 314 g/mol. The molecule has 122 valence electrons. The summed E-state index contributed by atoms with van der Waals surface area (Å²) in [4.78, 5) is 12.0. The third-order valence-electron chi connectivity index (χ3n) is 3.26. The molecule has 0 aliphatic rings. The van der Waals surface area contributed by atoms with E-state index in [4.69, 9.17) is 16.3 Å². The first-order valence-electron chi connectivity index (χ1n) is 7.27. The Hall–Kier alpha value is -2.20. The van der Waals surface area contributed by atoms with Crippen LogP contribution >= 0.6 is 11.6 Å². The van der Waals surface area contributed by atoms with Gasteiger partial charge in [-0.2, -0.15) is 0 Å². The number of nitrogens with one attached hydrogen (secondary N) is 1. The van der Waals surface area contributed by atoms with Crippen LogP contribution in [-0.2, 0) is 10.2 Å². The summed E-state index contributed by atoms with van der Waals surface area (Å²) in [5.41, 5.74) is 1.40. The standard InChI is InChI=1S/C18H20ClNO3/c1-18(2,3)15-10-12(19)4-9-16(15)23-11-17(22)20-13-5-7-14(21)8-6-13/h4-10,21H,11H2,1-3H3,(H,20,22). The molecule has 0 heterocycles. The smallest absolute Gasteiger partial charge is 0.262 e. The van der Waals surface area contributed by atoms with Crippen molar-refractivity contribution >= 4 is 23.2 Å². The van der Waals surface area contributed by atoms with Gasteiger partial charge in [0.05, 0.1) is 0 Å². The molecule has 2 N–H and O–H groups in total. The molecule has 5 heteroatoms. The van der Waals surface area contributed by atoms with Gasteiger partial charge in [-0.3, -0.25) is 4.79 Å². The van der Waals surface area contributed by atoms with Gasteiger partial charge < -0.3 is 15.2 Å². The van der Waals surface area contributed by atoms with Crippen LogP contribution in [0.5, 0.6) is 11.5 Å². The SMILES string of the molecule is CC(C)(C)c1cc(Cl)ccc1OCC(=O)Nc1ccc(O)cc1. The third-order valence-corrected chi connectivity index (χ3v) is 3.49. The topological polar surface area (TPSA) is 58.6 Å². The quantitative estimate of drug-likeness (QED) is 0.817. The summed E-state index contributed by atoms with van der Waals surface area (Å²) in [6.07, 6.45) is 0. The van der Waals surface area contributed by atoms with Crippen LogP contribution in [0.4, 0.5) is 5.69 Å². The van der Waals surface area contributed by atoms with Crippen molar-refractivity contribution in [1.29, 1.82) is 0 Å². The van der Waals surface area contributed by atoms with E-state index in [1.54, 1.807) is 24.3 Å². The second kappa shape index (κ2) is 6.92. The van der Waals surface area contributed by atoms with E-state index in [1.807, 2.05) is 6.07 Å². The molecule has 4 nitrogen and oxygen atoms in total. The number of anilines is 1. The lowest BCUT2D eigenvalue weighted by molar-refractivity contribution is -0.118. The van der Waals surface area contributed by atoms with Crippen molar-refractivity contribution in [1.82, 2.24) is 0 Å². The third kappa shape index (κ3) is 4.89. The number of benzene rings is 2. The number of ether oxygens (including phenoxy) is 1. The Balaban J connectivity index is 2.03. The highest BCUT2D eigenvalue weighted by Gasteiger charge is 2.20. The molecule has 1 amide bonds. The maximum Gasteiger partial charge on any atom is 0.262 e. The van der Waals surface area contributed by atoms with Crippen molar-refractivity contribution in [3.8, 4) is 11.5 Å². The lowest BCUT2D eigenvalue weighted by atomic mass is 9.86. The predicted molar refractivity (Wildman–Crippen MR) is 92.4 cm³/mol. The van der Waals surface area contributed by atoms with Gasteiger partial charge in [-0.05, 0) is 47.9 Å². The zero-order valence-corrected chi connectivity index (χ0v) is 14.1. The number of hydrogen-bond acceptors (Lipinski definition) is 3. The van der Waals surface area contributed by atoms with E-state index in [-0.39, 0.29) is 23.7 Å². The summed E-state index contributed by atoms with van der Waals surface area (Å²) in [5, 5.41) is 12.6. The number of hydrogen-bond donors (Lipinski definition) is 2. The van der Waals surface area contributed by atoms with E-state index in [1.165, 1.54) is 12.1 Å². The van der Waals surface area contributed by atoms with Crippen molar-refractivity contribution in [2.45, 2.75) is 26.2 Å². The lowest BCUT2D eigenvalue weighted by Gasteiger charge is -2.23. The highest BCUT2D eigenvalue weighted by Crippen LogP contribution is 2.33. The van der Waals surface area contributed by atoms with Gasteiger partial charge in [0.1, 0.15) is 11.5 Å². The molecule has 0 aliphatic heterocycles. The van der Waals surface area contributed by atoms with Crippen molar-refractivity contribution in [2.24, 2.45) is 0 Å². The molecule has 0 fully saturated rings. The van der Waals surface area contributed by atoms with Crippen LogP contribution in [0.2, 0.25) is 5.02 Å². The Kier molecular flexibility index (Phi) is 5.16. The summed E-state index contributed by atoms with van der Waals surface area (Å²) in [6.45, 7) is 6.07. The second-order valence-corrected chi connectivity index (χ2v) is 6.71. The van der Waals surface area contributed by atoms with E-state index in [0.717, 1.165) is 5.56 Å². The van der Waals surface area contributed by atoms with E-state index >= 15 is 0 Å². The molecule has 2 aromatic carbocycles. The Labute approximate surface area is 141 Å². The Morgan fingerprint density at radius 1 is 1.17 bits per heavy atom. The summed E-state index contributed by atoms with van der Waals surface area (Å²) in [5.74, 6) is 0.517. The second-order valence-electron chi connectivity index (χ2n) is 6.27. The molecule has 2 rings (SSSR count). The molecule has 0 saturated carbocycles. The van der Waals surface area contributed by atoms with Gasteiger partial charge in [-0.25, -0.2) is 0 Å². The lowest BCUT2D eigenvalue weighted by Crippen LogP contribution is -2.22. The maximum absolute atomic E-state index is 12.0. The fourth-order valence-electron chi connectivity index (χ4n) is 2.10. The number of phenols is 1. The van der Waals surface area contributed by atoms with Crippen LogP contribution in [0.15, 0.2) is 42.5 Å². The van der Waals surface area contributed by atoms with Crippen molar-refractivity contribution in [3.63, 3.8) is 0 Å². The van der Waals surface area contributed by atoms with Crippen LogP contribution in [0.3, 0.4) is 0 Å². The number of rotatable bonds is 4. The fourth-order valence-corrected chi connectivity index (χ4v) is 2.27. The Morgan fingerprint density at radius 3 is 2.43 bits per heavy atom. The van der Waals surface area contributed by atoms with Crippen molar-refractivity contribution in [3.05, 3.63) is 53.1 Å². The van der Waals surface area contributed by atoms with E-state index in [2.05, 4.69) is 26.1 Å². The molecule has 0 saturated heterocycles. The van der Waals surface area contributed by atoms with Crippen LogP contribution < -0.4 is 10.1 Å². The minimum atomic E-state index is -0.273. The molecule has 0 spiro atoms. The molecule has 0 aliphatic carbocycles. The van der Waals surface area contributed by atoms with Gasteiger partial charge in [0.25, 0.3) is 5.91 Å². The largest absolute Gasteiger partial charge is 0.508 e. The van der Waals surface area contributed by atoms with Gasteiger partial charge in [0.2, 0.25) is 0 Å². The highest BCUT2D eigenvalue weighted by molar-refractivity contribution is 6.30. The summed E-state index contributed by atoms with van der Waals surface area (Å²) in [6, 6.07) is 11.6. The van der Waals surface area contributed by atoms with Gasteiger partial charge in [-0.15, -0.1) is 0 Å². The number of carbonyl (C=O) groups excluding carboxylic acids is 1. The maximum atomic E-state index is 12.0. The monoisotopic (exact) mass is 333 g/mol. The van der Waals surface area contributed by atoms with Crippen molar-refractivity contribution in [2.75, 3.05) is 11.9 Å². The number of halogens is 1. The van der Waals surface area contributed by atoms with Crippen LogP contribution in [0.1, 0.15) is 26.3 Å². The molecular formula is C18H20ClNO3. The van der Waals surface area contributed by atoms with Crippen molar-refractivity contribution < 1.29 is 14.6 Å². The molecule has 0 unspecified atom stereocenters. The first-order valence-corrected chi connectivity index (χ1v) is 7.65. The summed E-state index contributed by atoms with van der Waals surface area (Å²) >= 11 is 6.05. The van der Waals surface area contributed by atoms with E-state index < -0.39 is 0 Å². The molecule has 2 aromatic rings. The van der Waals surface area contributed by atoms with Crippen LogP contribution in [-0.4, -0.2) is 17.6 Å². The number of aromatic hydroxyl groups is 1. The Bertz CT molecular complexity index is 690. The van der Waals surface area contributed by atoms with Crippen LogP contribution in [0, 0.1) is 0 Å². The predicted octanol–water partition coefficient (Wildman–Crippen LogP) is 4.36. The van der Waals surface area contributed by atoms with E-state index in [0.29, 0.717) is 16.5 Å². The van der Waals surface area contributed by atoms with Gasteiger partial charge in [0, 0.05) is 16.3 Å². The molecule has 0 aromatic heterocycles. The normalized spacial score (nSPS) is 11.1. The minimum Gasteiger partial charge on any atom is -0.508 e. The number of carbonyl (C=O) groups is 1. The molecule has 0 atom stereocenters. The number of phenolic OH excluding ortho intramolecular Hbond substituents is 1. The van der Waals surface area contributed by atoms with Gasteiger partial charge in [-0.1, -0.05) is 32.4 Å². The van der Waals surface area contributed by atoms with Gasteiger partial charge in [0.15, 0.2) is 6.61 Å². The Morgan fingerprint density at radius 2 is 1.83 bits per heavy atom. The summed E-state index contributed by atoms with van der Waals surface area (Å²) in [7, 11) is 0. The highest BCUT2D eigenvalue weighted by atomic mass is 35.5. The molecule has 23 heavy (non-hydrogen) atoms. The molecule has 0 bridgehead atoms. The first kappa shape index (κ1) is 17.2. The minimum absolute atomic E-state index is 0.106. The molecule has 0 radical (unpaired) electrons. The average Bonchev–Trinajstić information content (AvgIpc) is 2.47. The zero-order valence-electron chi connectivity index (χ0n) is 13.4. The summed E-state index contributed by atoms with van der Waals surface area (Å²) < 4.78 is 5.66.